The lowest BCUT2D eigenvalue weighted by atomic mass is 9.93. The molecule has 38 heavy (non-hydrogen) atoms. The third-order valence-electron chi connectivity index (χ3n) is 6.89. The van der Waals surface area contributed by atoms with E-state index >= 15 is 0 Å². The van der Waals surface area contributed by atoms with Gasteiger partial charge in [-0.1, -0.05) is 39.0 Å². The van der Waals surface area contributed by atoms with Crippen LogP contribution in [0.2, 0.25) is 0 Å². The Bertz CT molecular complexity index is 1390. The summed E-state index contributed by atoms with van der Waals surface area (Å²) in [6.07, 6.45) is 0. The number of carbonyl (C=O) groups is 1. The van der Waals surface area contributed by atoms with Gasteiger partial charge in [0, 0.05) is 43.3 Å². The second-order valence-corrected chi connectivity index (χ2v) is 12.3. The van der Waals surface area contributed by atoms with Gasteiger partial charge in [-0.25, -0.2) is 17.9 Å². The highest BCUT2D eigenvalue weighted by atomic mass is 32.2. The van der Waals surface area contributed by atoms with Crippen LogP contribution in [-0.4, -0.2) is 50.3 Å². The molecular formula is C28H35FN4O4S. The van der Waals surface area contributed by atoms with E-state index in [4.69, 9.17) is 9.56 Å². The third-order valence-corrected chi connectivity index (χ3v) is 7.80. The highest BCUT2D eigenvalue weighted by molar-refractivity contribution is 7.89. The fourth-order valence-corrected chi connectivity index (χ4v) is 5.08. The van der Waals surface area contributed by atoms with Gasteiger partial charge in [-0.15, -0.1) is 0 Å². The minimum Gasteiger partial charge on any atom is -0.463 e. The summed E-state index contributed by atoms with van der Waals surface area (Å²) in [5.41, 5.74) is 1.52. The van der Waals surface area contributed by atoms with E-state index < -0.39 is 10.0 Å². The maximum absolute atomic E-state index is 13.3. The summed E-state index contributed by atoms with van der Waals surface area (Å²) < 4.78 is 43.0. The summed E-state index contributed by atoms with van der Waals surface area (Å²) in [4.78, 5) is 17.8. The maximum Gasteiger partial charge on any atom is 0.259 e. The zero-order valence-corrected chi connectivity index (χ0v) is 23.0. The number of piperazine rings is 1. The number of furan rings is 1. The summed E-state index contributed by atoms with van der Waals surface area (Å²) in [7, 11) is -3.90. The molecule has 1 amide bonds. The number of hydrogen-bond donors (Lipinski definition) is 2. The topological polar surface area (TPSA) is 109 Å². The van der Waals surface area contributed by atoms with Crippen molar-refractivity contribution in [3.05, 3.63) is 83.1 Å². The van der Waals surface area contributed by atoms with Gasteiger partial charge in [0.05, 0.1) is 17.0 Å². The number of nitrogens with two attached hydrogens (primary N) is 1. The number of anilines is 1. The van der Waals surface area contributed by atoms with E-state index in [1.807, 2.05) is 32.9 Å². The van der Waals surface area contributed by atoms with Crippen molar-refractivity contribution in [1.82, 2.24) is 9.80 Å². The molecule has 8 nitrogen and oxygen atoms in total. The molecule has 0 radical (unpaired) electrons. The molecule has 1 aromatic heterocycles. The van der Waals surface area contributed by atoms with Crippen molar-refractivity contribution in [3.8, 4) is 0 Å². The standard InChI is InChI=1S/C28H35FN4O4S/c1-19(20-8-10-21(29)11-9-20)33-14-12-32(13-15-33)18-25-24(17-26(37-25)28(2,3)4)27(34)31-22-6-5-7-23(16-22)38(30,35)36/h5-11,16-17,19H,12-15,18H2,1-4H3,(H,31,34)(H2,30,35,36)/t19-/m0/s1. The lowest BCUT2D eigenvalue weighted by molar-refractivity contribution is 0.0913. The molecule has 0 aliphatic carbocycles. The molecule has 4 rings (SSSR count). The van der Waals surface area contributed by atoms with Gasteiger partial charge >= 0.3 is 0 Å². The second kappa shape index (κ2) is 11.0. The molecule has 1 aliphatic heterocycles. The predicted molar refractivity (Wildman–Crippen MR) is 145 cm³/mol. The number of primary sulfonamides is 1. The molecule has 1 saturated heterocycles. The molecule has 0 saturated carbocycles. The first-order chi connectivity index (χ1) is 17.8. The van der Waals surface area contributed by atoms with Crippen molar-refractivity contribution in [2.24, 2.45) is 5.14 Å². The summed E-state index contributed by atoms with van der Waals surface area (Å²) in [5, 5.41) is 8.02. The van der Waals surface area contributed by atoms with Crippen LogP contribution in [-0.2, 0) is 22.0 Å². The van der Waals surface area contributed by atoms with Gasteiger partial charge in [0.15, 0.2) is 0 Å². The Labute approximate surface area is 223 Å². The number of nitrogens with zero attached hydrogens (tertiary/aromatic N) is 2. The lowest BCUT2D eigenvalue weighted by Crippen LogP contribution is -2.46. The third kappa shape index (κ3) is 6.68. The van der Waals surface area contributed by atoms with Crippen LogP contribution in [0.25, 0.3) is 0 Å². The molecule has 2 aromatic carbocycles. The summed E-state index contributed by atoms with van der Waals surface area (Å²) in [6.45, 7) is 11.9. The Balaban J connectivity index is 1.47. The smallest absolute Gasteiger partial charge is 0.259 e. The second-order valence-electron chi connectivity index (χ2n) is 10.8. The molecule has 2 heterocycles. The molecule has 1 fully saturated rings. The summed E-state index contributed by atoms with van der Waals surface area (Å²) in [5.74, 6) is 0.639. The highest BCUT2D eigenvalue weighted by Gasteiger charge is 2.28. The molecule has 0 unspecified atom stereocenters. The summed E-state index contributed by atoms with van der Waals surface area (Å²) >= 11 is 0. The van der Waals surface area contributed by atoms with Crippen molar-refractivity contribution < 1.29 is 22.0 Å². The molecule has 0 spiro atoms. The Morgan fingerprint density at radius 2 is 1.74 bits per heavy atom. The molecule has 3 aromatic rings. The van der Waals surface area contributed by atoms with E-state index in [-0.39, 0.29) is 28.1 Å². The number of hydrogen-bond acceptors (Lipinski definition) is 6. The number of carbonyl (C=O) groups excluding carboxylic acids is 1. The van der Waals surface area contributed by atoms with Crippen LogP contribution in [0.4, 0.5) is 10.1 Å². The van der Waals surface area contributed by atoms with E-state index in [0.717, 1.165) is 31.7 Å². The van der Waals surface area contributed by atoms with Crippen LogP contribution in [0.1, 0.15) is 61.2 Å². The Hall–Kier alpha value is -3.05. The number of amides is 1. The van der Waals surface area contributed by atoms with E-state index in [9.17, 15) is 17.6 Å². The maximum atomic E-state index is 13.3. The minimum atomic E-state index is -3.90. The van der Waals surface area contributed by atoms with E-state index in [2.05, 4.69) is 22.0 Å². The molecular weight excluding hydrogens is 507 g/mol. The molecule has 10 heteroatoms. The summed E-state index contributed by atoms with van der Waals surface area (Å²) in [6, 6.07) is 14.4. The number of sulfonamides is 1. The van der Waals surface area contributed by atoms with E-state index in [1.54, 1.807) is 12.1 Å². The number of nitrogens with one attached hydrogen (secondary N) is 1. The monoisotopic (exact) mass is 542 g/mol. The van der Waals surface area contributed by atoms with Crippen molar-refractivity contribution in [3.63, 3.8) is 0 Å². The van der Waals surface area contributed by atoms with Crippen molar-refractivity contribution in [2.45, 2.75) is 50.6 Å². The van der Waals surface area contributed by atoms with Gasteiger partial charge in [0.25, 0.3) is 5.91 Å². The van der Waals surface area contributed by atoms with Crippen molar-refractivity contribution >= 4 is 21.6 Å². The zero-order chi connectivity index (χ0) is 27.7. The van der Waals surface area contributed by atoms with Crippen LogP contribution in [0, 0.1) is 5.82 Å². The van der Waals surface area contributed by atoms with Crippen LogP contribution in [0.3, 0.4) is 0 Å². The highest BCUT2D eigenvalue weighted by Crippen LogP contribution is 2.30. The van der Waals surface area contributed by atoms with Crippen LogP contribution < -0.4 is 10.5 Å². The van der Waals surface area contributed by atoms with Crippen LogP contribution >= 0.6 is 0 Å². The largest absolute Gasteiger partial charge is 0.463 e. The fraction of sp³-hybridized carbons (Fsp3) is 0.393. The van der Waals surface area contributed by atoms with Gasteiger partial charge in [-0.05, 0) is 48.9 Å². The van der Waals surface area contributed by atoms with Gasteiger partial charge in [-0.2, -0.15) is 0 Å². The molecule has 3 N–H and O–H groups in total. The molecule has 0 bridgehead atoms. The average molecular weight is 543 g/mol. The van der Waals surface area contributed by atoms with Crippen molar-refractivity contribution in [1.29, 1.82) is 0 Å². The Morgan fingerprint density at radius 1 is 1.08 bits per heavy atom. The van der Waals surface area contributed by atoms with Gasteiger partial charge in [-0.3, -0.25) is 14.6 Å². The minimum absolute atomic E-state index is 0.0779. The van der Waals surface area contributed by atoms with E-state index in [0.29, 0.717) is 29.3 Å². The van der Waals surface area contributed by atoms with Crippen molar-refractivity contribution in [2.75, 3.05) is 31.5 Å². The normalized spacial score (nSPS) is 16.4. The molecule has 204 valence electrons. The predicted octanol–water partition coefficient (Wildman–Crippen LogP) is 4.49. The number of benzene rings is 2. The Kier molecular flexibility index (Phi) is 8.08. The SMILES string of the molecule is C[C@@H](c1ccc(F)cc1)N1CCN(Cc2oc(C(C)(C)C)cc2C(=O)Nc2cccc(S(N)(=O)=O)c2)CC1. The van der Waals surface area contributed by atoms with Crippen LogP contribution in [0.5, 0.6) is 0 Å². The lowest BCUT2D eigenvalue weighted by Gasteiger charge is -2.38. The quantitative estimate of drug-likeness (QED) is 0.455. The first-order valence-corrected chi connectivity index (χ1v) is 14.1. The fourth-order valence-electron chi connectivity index (χ4n) is 4.52. The molecule has 1 atom stereocenters. The van der Waals surface area contributed by atoms with E-state index in [1.165, 1.54) is 30.3 Å². The zero-order valence-electron chi connectivity index (χ0n) is 22.2. The first kappa shape index (κ1) is 28.0. The Morgan fingerprint density at radius 3 is 2.34 bits per heavy atom. The van der Waals surface area contributed by atoms with Gasteiger partial charge in [0.2, 0.25) is 10.0 Å². The van der Waals surface area contributed by atoms with Gasteiger partial charge < -0.3 is 9.73 Å². The first-order valence-electron chi connectivity index (χ1n) is 12.6. The van der Waals surface area contributed by atoms with Gasteiger partial charge in [0.1, 0.15) is 17.3 Å². The average Bonchev–Trinajstić information content (AvgIpc) is 3.29. The molecule has 1 aliphatic rings. The number of rotatable bonds is 7. The van der Waals surface area contributed by atoms with Crippen LogP contribution in [0.15, 0.2) is 63.9 Å². The number of halogens is 1.